The molecule has 0 radical (unpaired) electrons. The zero-order valence-electron chi connectivity index (χ0n) is 7.66. The molecule has 0 saturated heterocycles. The van der Waals surface area contributed by atoms with Gasteiger partial charge in [0, 0.05) is 13.0 Å². The average Bonchev–Trinajstić information content (AvgIpc) is 2.10. The van der Waals surface area contributed by atoms with E-state index in [1.54, 1.807) is 6.92 Å². The van der Waals surface area contributed by atoms with Gasteiger partial charge in [0.25, 0.3) is 0 Å². The summed E-state index contributed by atoms with van der Waals surface area (Å²) < 4.78 is 9.88. The molecule has 74 valence electrons. The van der Waals surface area contributed by atoms with Gasteiger partial charge in [0.1, 0.15) is 6.61 Å². The molecule has 0 spiro atoms. The largest absolute Gasteiger partial charge is 0.479 e. The van der Waals surface area contributed by atoms with Crippen LogP contribution in [0, 0.1) is 12.3 Å². The molecule has 0 aliphatic carbocycles. The molecule has 0 aliphatic rings. The first kappa shape index (κ1) is 11.9. The minimum atomic E-state index is -0.967. The topological polar surface area (TPSA) is 55.8 Å². The number of hydrogen-bond donors (Lipinski definition) is 1. The summed E-state index contributed by atoms with van der Waals surface area (Å²) in [5.41, 5.74) is 0. The van der Waals surface area contributed by atoms with Crippen LogP contribution >= 0.6 is 0 Å². The van der Waals surface area contributed by atoms with Gasteiger partial charge in [0.2, 0.25) is 0 Å². The van der Waals surface area contributed by atoms with E-state index in [0.29, 0.717) is 19.6 Å². The molecule has 0 aliphatic heterocycles. The molecule has 0 aromatic carbocycles. The normalized spacial score (nSPS) is 12.0. The van der Waals surface area contributed by atoms with Gasteiger partial charge in [-0.15, -0.1) is 6.42 Å². The van der Waals surface area contributed by atoms with E-state index in [0.717, 1.165) is 0 Å². The summed E-state index contributed by atoms with van der Waals surface area (Å²) in [4.78, 5) is 10.5. The minimum absolute atomic E-state index is 0.207. The number of carboxylic acid groups (broad SMARTS) is 1. The Morgan fingerprint density at radius 2 is 2.38 bits per heavy atom. The maximum absolute atomic E-state index is 10.5. The van der Waals surface area contributed by atoms with Crippen LogP contribution in [-0.4, -0.2) is 37.0 Å². The Morgan fingerprint density at radius 1 is 1.69 bits per heavy atom. The van der Waals surface area contributed by atoms with E-state index in [4.69, 9.17) is 21.0 Å². The Bertz CT molecular complexity index is 183. The van der Waals surface area contributed by atoms with Crippen molar-refractivity contribution in [3.63, 3.8) is 0 Å². The lowest BCUT2D eigenvalue weighted by Crippen LogP contribution is -2.25. The third-order valence-corrected chi connectivity index (χ3v) is 1.35. The fraction of sp³-hybridized carbons (Fsp3) is 0.667. The second-order valence-electron chi connectivity index (χ2n) is 2.33. The molecular formula is C9H14O4. The summed E-state index contributed by atoms with van der Waals surface area (Å²) >= 11 is 0. The van der Waals surface area contributed by atoms with Crippen molar-refractivity contribution >= 4 is 5.97 Å². The van der Waals surface area contributed by atoms with Crippen molar-refractivity contribution in [2.24, 2.45) is 0 Å². The van der Waals surface area contributed by atoms with Gasteiger partial charge in [-0.3, -0.25) is 0 Å². The summed E-state index contributed by atoms with van der Waals surface area (Å²) in [5, 5.41) is 8.64. The molecule has 4 heteroatoms. The number of terminal acetylenes is 1. The highest BCUT2D eigenvalue weighted by atomic mass is 16.5. The first-order valence-corrected chi connectivity index (χ1v) is 4.08. The summed E-state index contributed by atoms with van der Waals surface area (Å²) in [7, 11) is 0. The van der Waals surface area contributed by atoms with Gasteiger partial charge in [-0.05, 0) is 6.92 Å². The van der Waals surface area contributed by atoms with Gasteiger partial charge < -0.3 is 14.6 Å². The second kappa shape index (κ2) is 7.59. The fourth-order valence-electron chi connectivity index (χ4n) is 0.801. The predicted octanol–water partition coefficient (Wildman–Crippen LogP) is 0.516. The average molecular weight is 186 g/mol. The second-order valence-corrected chi connectivity index (χ2v) is 2.33. The first-order valence-electron chi connectivity index (χ1n) is 4.08. The number of hydrogen-bond acceptors (Lipinski definition) is 3. The molecule has 0 aromatic rings. The predicted molar refractivity (Wildman–Crippen MR) is 47.3 cm³/mol. The zero-order chi connectivity index (χ0) is 10.1. The van der Waals surface area contributed by atoms with E-state index in [9.17, 15) is 4.79 Å². The zero-order valence-corrected chi connectivity index (χ0v) is 7.66. The molecule has 1 atom stereocenters. The van der Waals surface area contributed by atoms with Crippen LogP contribution in [0.5, 0.6) is 0 Å². The van der Waals surface area contributed by atoms with E-state index >= 15 is 0 Å². The number of ether oxygens (including phenoxy) is 2. The van der Waals surface area contributed by atoms with Gasteiger partial charge in [0.05, 0.1) is 6.61 Å². The molecule has 0 rings (SSSR count). The smallest absolute Gasteiger partial charge is 0.332 e. The molecule has 1 N–H and O–H groups in total. The number of carboxylic acids is 1. The summed E-state index contributed by atoms with van der Waals surface area (Å²) in [6.07, 6.45) is 4.48. The van der Waals surface area contributed by atoms with Crippen molar-refractivity contribution in [2.75, 3.05) is 19.8 Å². The molecule has 0 bridgehead atoms. The molecule has 1 unspecified atom stereocenters. The SMILES string of the molecule is C#CCOCCC(OCC)C(=O)O. The molecule has 0 fully saturated rings. The van der Waals surface area contributed by atoms with Gasteiger partial charge in [-0.25, -0.2) is 4.79 Å². The van der Waals surface area contributed by atoms with Crippen LogP contribution in [-0.2, 0) is 14.3 Å². The monoisotopic (exact) mass is 186 g/mol. The summed E-state index contributed by atoms with van der Waals surface area (Å²) in [5.74, 6) is 1.33. The van der Waals surface area contributed by atoms with Crippen LogP contribution < -0.4 is 0 Å². The van der Waals surface area contributed by atoms with E-state index < -0.39 is 12.1 Å². The van der Waals surface area contributed by atoms with Crippen molar-refractivity contribution in [3.05, 3.63) is 0 Å². The number of aliphatic carboxylic acids is 1. The molecule has 4 nitrogen and oxygen atoms in total. The molecule has 0 heterocycles. The highest BCUT2D eigenvalue weighted by molar-refractivity contribution is 5.72. The van der Waals surface area contributed by atoms with E-state index in [1.807, 2.05) is 0 Å². The maximum Gasteiger partial charge on any atom is 0.332 e. The Labute approximate surface area is 77.8 Å². The van der Waals surface area contributed by atoms with Crippen molar-refractivity contribution in [1.82, 2.24) is 0 Å². The van der Waals surface area contributed by atoms with Gasteiger partial charge in [-0.2, -0.15) is 0 Å². The number of rotatable bonds is 7. The fourth-order valence-corrected chi connectivity index (χ4v) is 0.801. The van der Waals surface area contributed by atoms with Crippen molar-refractivity contribution < 1.29 is 19.4 Å². The van der Waals surface area contributed by atoms with E-state index in [1.165, 1.54) is 0 Å². The quantitative estimate of drug-likeness (QED) is 0.465. The van der Waals surface area contributed by atoms with Crippen molar-refractivity contribution in [1.29, 1.82) is 0 Å². The van der Waals surface area contributed by atoms with Crippen LogP contribution in [0.25, 0.3) is 0 Å². The molecular weight excluding hydrogens is 172 g/mol. The Hall–Kier alpha value is -1.05. The highest BCUT2D eigenvalue weighted by Gasteiger charge is 2.16. The van der Waals surface area contributed by atoms with E-state index in [-0.39, 0.29) is 6.61 Å². The van der Waals surface area contributed by atoms with Gasteiger partial charge in [-0.1, -0.05) is 5.92 Å². The van der Waals surface area contributed by atoms with Crippen molar-refractivity contribution in [2.45, 2.75) is 19.4 Å². The summed E-state index contributed by atoms with van der Waals surface area (Å²) in [6.45, 7) is 2.64. The Balaban J connectivity index is 3.58. The lowest BCUT2D eigenvalue weighted by Gasteiger charge is -2.11. The molecule has 13 heavy (non-hydrogen) atoms. The standard InChI is InChI=1S/C9H14O4/c1-3-6-12-7-5-8(9(10)11)13-4-2/h1,8H,4-7H2,2H3,(H,10,11). The van der Waals surface area contributed by atoms with Gasteiger partial charge in [0.15, 0.2) is 6.10 Å². The lowest BCUT2D eigenvalue weighted by molar-refractivity contribution is -0.151. The maximum atomic E-state index is 10.5. The van der Waals surface area contributed by atoms with Crippen LogP contribution in [0.4, 0.5) is 0 Å². The lowest BCUT2D eigenvalue weighted by atomic mass is 10.2. The van der Waals surface area contributed by atoms with Crippen LogP contribution in [0.2, 0.25) is 0 Å². The Kier molecular flexibility index (Phi) is 6.98. The highest BCUT2D eigenvalue weighted by Crippen LogP contribution is 1.99. The van der Waals surface area contributed by atoms with Crippen LogP contribution in [0.15, 0.2) is 0 Å². The third kappa shape index (κ3) is 6.14. The van der Waals surface area contributed by atoms with Crippen LogP contribution in [0.3, 0.4) is 0 Å². The van der Waals surface area contributed by atoms with E-state index in [2.05, 4.69) is 5.92 Å². The Morgan fingerprint density at radius 3 is 2.85 bits per heavy atom. The van der Waals surface area contributed by atoms with Crippen molar-refractivity contribution in [3.8, 4) is 12.3 Å². The molecule has 0 saturated carbocycles. The minimum Gasteiger partial charge on any atom is -0.479 e. The molecule has 0 amide bonds. The molecule has 0 aromatic heterocycles. The van der Waals surface area contributed by atoms with Crippen LogP contribution in [0.1, 0.15) is 13.3 Å². The number of carbonyl (C=O) groups is 1. The first-order chi connectivity index (χ1) is 6.22. The third-order valence-electron chi connectivity index (χ3n) is 1.35. The van der Waals surface area contributed by atoms with Gasteiger partial charge >= 0.3 is 5.97 Å². The summed E-state index contributed by atoms with van der Waals surface area (Å²) in [6, 6.07) is 0.